The number of halogens is 1. The minimum Gasteiger partial charge on any atom is -0.331 e. The summed E-state index contributed by atoms with van der Waals surface area (Å²) in [6.45, 7) is 0.523. The van der Waals surface area contributed by atoms with Gasteiger partial charge in [0.05, 0.1) is 0 Å². The molecular formula is C10H10ClN3S. The fourth-order valence-corrected chi connectivity index (χ4v) is 2.05. The normalized spacial score (nSPS) is 10.3. The Morgan fingerprint density at radius 3 is 3.00 bits per heavy atom. The summed E-state index contributed by atoms with van der Waals surface area (Å²) >= 11 is 7.41. The highest BCUT2D eigenvalue weighted by Gasteiger charge is 2.00. The van der Waals surface area contributed by atoms with Crippen LogP contribution in [0.5, 0.6) is 0 Å². The van der Waals surface area contributed by atoms with Crippen LogP contribution in [-0.4, -0.2) is 4.98 Å². The summed E-state index contributed by atoms with van der Waals surface area (Å²) in [5.41, 5.74) is 6.43. The maximum absolute atomic E-state index is 5.87. The molecule has 78 valence electrons. The lowest BCUT2D eigenvalue weighted by Crippen LogP contribution is -1.91. The van der Waals surface area contributed by atoms with Gasteiger partial charge in [-0.05, 0) is 18.2 Å². The number of nitrogens with two attached hydrogens (primary N) is 1. The van der Waals surface area contributed by atoms with Crippen molar-refractivity contribution in [3.8, 4) is 0 Å². The Labute approximate surface area is 96.9 Å². The minimum absolute atomic E-state index is 0.523. The molecule has 0 fully saturated rings. The lowest BCUT2D eigenvalue weighted by molar-refractivity contribution is 1.10. The second-order valence-electron chi connectivity index (χ2n) is 2.97. The lowest BCUT2D eigenvalue weighted by atomic mass is 10.3. The average Bonchev–Trinajstić information content (AvgIpc) is 2.65. The Hall–Kier alpha value is -1.10. The summed E-state index contributed by atoms with van der Waals surface area (Å²) in [5, 5.41) is 4.70. The number of thiazole rings is 1. The first-order valence-corrected chi connectivity index (χ1v) is 5.65. The number of anilines is 2. The Morgan fingerprint density at radius 1 is 1.47 bits per heavy atom. The Bertz CT molecular complexity index is 455. The summed E-state index contributed by atoms with van der Waals surface area (Å²) in [6.07, 6.45) is 1.78. The van der Waals surface area contributed by atoms with Crippen molar-refractivity contribution in [1.82, 2.24) is 4.98 Å². The molecule has 5 heteroatoms. The predicted octanol–water partition coefficient (Wildman–Crippen LogP) is 3.00. The molecule has 0 bridgehead atoms. The second kappa shape index (κ2) is 4.61. The van der Waals surface area contributed by atoms with E-state index in [9.17, 15) is 0 Å². The molecule has 2 aromatic rings. The molecule has 0 saturated carbocycles. The molecule has 2 rings (SSSR count). The number of rotatable bonds is 3. The van der Waals surface area contributed by atoms with Crippen molar-refractivity contribution in [2.24, 2.45) is 5.73 Å². The van der Waals surface area contributed by atoms with Crippen molar-refractivity contribution < 1.29 is 0 Å². The predicted molar refractivity (Wildman–Crippen MR) is 64.7 cm³/mol. The van der Waals surface area contributed by atoms with Gasteiger partial charge >= 0.3 is 0 Å². The summed E-state index contributed by atoms with van der Waals surface area (Å²) in [4.78, 5) is 5.25. The third-order valence-corrected chi connectivity index (χ3v) is 3.00. The van der Waals surface area contributed by atoms with Crippen molar-refractivity contribution in [3.63, 3.8) is 0 Å². The maximum Gasteiger partial charge on any atom is 0.187 e. The zero-order chi connectivity index (χ0) is 10.7. The number of nitrogens with one attached hydrogen (secondary N) is 1. The number of benzene rings is 1. The van der Waals surface area contributed by atoms with Crippen LogP contribution in [0.2, 0.25) is 5.02 Å². The smallest absolute Gasteiger partial charge is 0.187 e. The van der Waals surface area contributed by atoms with Gasteiger partial charge in [-0.25, -0.2) is 4.98 Å². The zero-order valence-electron chi connectivity index (χ0n) is 7.90. The topological polar surface area (TPSA) is 50.9 Å². The van der Waals surface area contributed by atoms with Gasteiger partial charge in [-0.2, -0.15) is 0 Å². The highest BCUT2D eigenvalue weighted by Crippen LogP contribution is 2.23. The van der Waals surface area contributed by atoms with Crippen molar-refractivity contribution in [1.29, 1.82) is 0 Å². The molecule has 0 radical (unpaired) electrons. The van der Waals surface area contributed by atoms with Crippen molar-refractivity contribution in [2.75, 3.05) is 5.32 Å². The zero-order valence-corrected chi connectivity index (χ0v) is 9.48. The van der Waals surface area contributed by atoms with E-state index in [1.807, 2.05) is 24.3 Å². The summed E-state index contributed by atoms with van der Waals surface area (Å²) in [5.74, 6) is 0. The standard InChI is InChI=1S/C10H10ClN3S/c11-7-2-1-3-8(4-7)14-10-13-6-9(5-12)15-10/h1-4,6H,5,12H2,(H,13,14). The molecule has 0 saturated heterocycles. The van der Waals surface area contributed by atoms with Gasteiger partial charge in [-0.1, -0.05) is 17.7 Å². The highest BCUT2D eigenvalue weighted by molar-refractivity contribution is 7.15. The number of aromatic nitrogens is 1. The highest BCUT2D eigenvalue weighted by atomic mass is 35.5. The van der Waals surface area contributed by atoms with Crippen LogP contribution in [0.3, 0.4) is 0 Å². The van der Waals surface area contributed by atoms with E-state index >= 15 is 0 Å². The van der Waals surface area contributed by atoms with E-state index in [4.69, 9.17) is 17.3 Å². The molecule has 0 amide bonds. The largest absolute Gasteiger partial charge is 0.331 e. The van der Waals surface area contributed by atoms with Gasteiger partial charge in [0.15, 0.2) is 5.13 Å². The van der Waals surface area contributed by atoms with E-state index in [2.05, 4.69) is 10.3 Å². The van der Waals surface area contributed by atoms with Gasteiger partial charge in [-0.3, -0.25) is 0 Å². The van der Waals surface area contributed by atoms with Crippen molar-refractivity contribution >= 4 is 33.8 Å². The monoisotopic (exact) mass is 239 g/mol. The van der Waals surface area contributed by atoms with Crippen LogP contribution in [0, 0.1) is 0 Å². The molecule has 1 heterocycles. The number of hydrogen-bond donors (Lipinski definition) is 2. The Morgan fingerprint density at radius 2 is 2.33 bits per heavy atom. The molecule has 1 aromatic carbocycles. The average molecular weight is 240 g/mol. The minimum atomic E-state index is 0.523. The van der Waals surface area contributed by atoms with Crippen LogP contribution in [0.1, 0.15) is 4.88 Å². The van der Waals surface area contributed by atoms with Crippen LogP contribution in [0.15, 0.2) is 30.5 Å². The first-order valence-electron chi connectivity index (χ1n) is 4.45. The summed E-state index contributed by atoms with van der Waals surface area (Å²) in [7, 11) is 0. The van der Waals surface area contributed by atoms with E-state index < -0.39 is 0 Å². The molecule has 0 atom stereocenters. The van der Waals surface area contributed by atoms with Crippen molar-refractivity contribution in [2.45, 2.75) is 6.54 Å². The van der Waals surface area contributed by atoms with E-state index in [-0.39, 0.29) is 0 Å². The van der Waals surface area contributed by atoms with Crippen LogP contribution in [0.4, 0.5) is 10.8 Å². The number of nitrogens with zero attached hydrogens (tertiary/aromatic N) is 1. The molecule has 15 heavy (non-hydrogen) atoms. The second-order valence-corrected chi connectivity index (χ2v) is 4.52. The van der Waals surface area contributed by atoms with Gasteiger partial charge < -0.3 is 11.1 Å². The summed E-state index contributed by atoms with van der Waals surface area (Å²) < 4.78 is 0. The number of hydrogen-bond acceptors (Lipinski definition) is 4. The molecule has 0 spiro atoms. The van der Waals surface area contributed by atoms with Gasteiger partial charge in [0.25, 0.3) is 0 Å². The molecule has 1 aromatic heterocycles. The van der Waals surface area contributed by atoms with Crippen LogP contribution in [-0.2, 0) is 6.54 Å². The first-order chi connectivity index (χ1) is 7.28. The quantitative estimate of drug-likeness (QED) is 0.866. The van der Waals surface area contributed by atoms with E-state index in [1.165, 1.54) is 0 Å². The van der Waals surface area contributed by atoms with Gasteiger partial charge in [0, 0.05) is 28.3 Å². The summed E-state index contributed by atoms with van der Waals surface area (Å²) in [6, 6.07) is 7.52. The maximum atomic E-state index is 5.87. The molecule has 0 aliphatic carbocycles. The van der Waals surface area contributed by atoms with E-state index in [1.54, 1.807) is 17.5 Å². The van der Waals surface area contributed by atoms with Gasteiger partial charge in [0.2, 0.25) is 0 Å². The van der Waals surface area contributed by atoms with E-state index in [0.29, 0.717) is 11.6 Å². The third-order valence-electron chi connectivity index (χ3n) is 1.83. The Kier molecular flexibility index (Phi) is 3.20. The molecule has 0 aliphatic heterocycles. The van der Waals surface area contributed by atoms with Crippen LogP contribution >= 0.6 is 22.9 Å². The molecule has 3 nitrogen and oxygen atoms in total. The fraction of sp³-hybridized carbons (Fsp3) is 0.100. The fourth-order valence-electron chi connectivity index (χ4n) is 1.15. The lowest BCUT2D eigenvalue weighted by Gasteiger charge is -2.01. The Balaban J connectivity index is 2.14. The molecule has 3 N–H and O–H groups in total. The van der Waals surface area contributed by atoms with Crippen LogP contribution < -0.4 is 11.1 Å². The molecule has 0 unspecified atom stereocenters. The van der Waals surface area contributed by atoms with Gasteiger partial charge in [-0.15, -0.1) is 11.3 Å². The third kappa shape index (κ3) is 2.68. The van der Waals surface area contributed by atoms with Gasteiger partial charge in [0.1, 0.15) is 0 Å². The van der Waals surface area contributed by atoms with E-state index in [0.717, 1.165) is 15.7 Å². The SMILES string of the molecule is NCc1cnc(Nc2cccc(Cl)c2)s1. The molecule has 0 aliphatic rings. The molecular weight excluding hydrogens is 230 g/mol. The van der Waals surface area contributed by atoms with Crippen molar-refractivity contribution in [3.05, 3.63) is 40.4 Å². The van der Waals surface area contributed by atoms with Crippen LogP contribution in [0.25, 0.3) is 0 Å². The first kappa shape index (κ1) is 10.4.